The van der Waals surface area contributed by atoms with Crippen molar-refractivity contribution in [3.05, 3.63) is 0 Å². The van der Waals surface area contributed by atoms with Crippen LogP contribution in [0.25, 0.3) is 0 Å². The summed E-state index contributed by atoms with van der Waals surface area (Å²) in [5, 5.41) is 3.70. The van der Waals surface area contributed by atoms with Gasteiger partial charge in [0.25, 0.3) is 0 Å². The Morgan fingerprint density at radius 1 is 1.28 bits per heavy atom. The highest BCUT2D eigenvalue weighted by Crippen LogP contribution is 2.23. The normalized spacial score (nSPS) is 28.8. The second-order valence-electron chi connectivity index (χ2n) is 6.17. The summed E-state index contributed by atoms with van der Waals surface area (Å²) in [5.41, 5.74) is 0. The smallest absolute Gasteiger partial charge is 0.0254 e. The molecule has 1 saturated heterocycles. The molecule has 1 aliphatic heterocycles. The van der Waals surface area contributed by atoms with E-state index in [2.05, 4.69) is 56.9 Å². The van der Waals surface area contributed by atoms with Crippen molar-refractivity contribution in [2.45, 2.75) is 58.7 Å². The van der Waals surface area contributed by atoms with E-state index in [-0.39, 0.29) is 0 Å². The molecular formula is C15H33N3. The SMILES string of the molecule is CCCNC(CC)C(C)N1CC(C)C(N(C)C)C1. The molecule has 0 radical (unpaired) electrons. The lowest BCUT2D eigenvalue weighted by Gasteiger charge is -2.32. The Hall–Kier alpha value is -0.120. The average Bonchev–Trinajstić information content (AvgIpc) is 2.72. The minimum absolute atomic E-state index is 0.637. The van der Waals surface area contributed by atoms with Gasteiger partial charge in [0.2, 0.25) is 0 Å². The van der Waals surface area contributed by atoms with Gasteiger partial charge in [0.05, 0.1) is 0 Å². The molecule has 1 rings (SSSR count). The number of nitrogens with zero attached hydrogens (tertiary/aromatic N) is 2. The quantitative estimate of drug-likeness (QED) is 0.751. The lowest BCUT2D eigenvalue weighted by Crippen LogP contribution is -2.48. The average molecular weight is 255 g/mol. The monoisotopic (exact) mass is 255 g/mol. The van der Waals surface area contributed by atoms with E-state index in [1.165, 1.54) is 25.9 Å². The molecule has 0 aliphatic carbocycles. The Morgan fingerprint density at radius 2 is 1.94 bits per heavy atom. The van der Waals surface area contributed by atoms with Crippen LogP contribution in [0.5, 0.6) is 0 Å². The van der Waals surface area contributed by atoms with E-state index in [0.717, 1.165) is 18.5 Å². The number of rotatable bonds is 7. The summed E-state index contributed by atoms with van der Waals surface area (Å²) in [5.74, 6) is 0.783. The predicted octanol–water partition coefficient (Wildman–Crippen LogP) is 2.04. The maximum Gasteiger partial charge on any atom is 0.0254 e. The molecule has 1 aliphatic rings. The summed E-state index contributed by atoms with van der Waals surface area (Å²) in [7, 11) is 4.42. The van der Waals surface area contributed by atoms with Crippen LogP contribution in [-0.4, -0.2) is 61.7 Å². The van der Waals surface area contributed by atoms with E-state index in [0.29, 0.717) is 12.1 Å². The lowest BCUT2D eigenvalue weighted by atomic mass is 10.1. The van der Waals surface area contributed by atoms with Crippen LogP contribution in [0.1, 0.15) is 40.5 Å². The van der Waals surface area contributed by atoms with Crippen molar-refractivity contribution in [3.63, 3.8) is 0 Å². The Morgan fingerprint density at radius 3 is 2.39 bits per heavy atom. The number of hydrogen-bond donors (Lipinski definition) is 1. The topological polar surface area (TPSA) is 18.5 Å². The molecule has 108 valence electrons. The first-order valence-corrected chi connectivity index (χ1v) is 7.65. The summed E-state index contributed by atoms with van der Waals surface area (Å²) < 4.78 is 0. The molecule has 1 N–H and O–H groups in total. The van der Waals surface area contributed by atoms with Crippen LogP contribution in [0.3, 0.4) is 0 Å². The van der Waals surface area contributed by atoms with Gasteiger partial charge in [-0.2, -0.15) is 0 Å². The van der Waals surface area contributed by atoms with Gasteiger partial charge in [0.1, 0.15) is 0 Å². The molecule has 0 saturated carbocycles. The molecule has 0 amide bonds. The maximum atomic E-state index is 3.70. The van der Waals surface area contributed by atoms with Gasteiger partial charge in [-0.15, -0.1) is 0 Å². The standard InChI is InChI=1S/C15H33N3/c1-7-9-16-14(8-2)13(4)18-10-12(3)15(11-18)17(5)6/h12-16H,7-11H2,1-6H3. The van der Waals surface area contributed by atoms with E-state index in [9.17, 15) is 0 Å². The fourth-order valence-corrected chi connectivity index (χ4v) is 3.23. The molecule has 0 bridgehead atoms. The van der Waals surface area contributed by atoms with Crippen LogP contribution < -0.4 is 5.32 Å². The zero-order valence-electron chi connectivity index (χ0n) is 13.2. The van der Waals surface area contributed by atoms with Gasteiger partial charge in [-0.3, -0.25) is 4.90 Å². The molecule has 0 aromatic rings. The molecule has 4 unspecified atom stereocenters. The van der Waals surface area contributed by atoms with Crippen molar-refractivity contribution < 1.29 is 0 Å². The van der Waals surface area contributed by atoms with Crippen molar-refractivity contribution in [3.8, 4) is 0 Å². The Balaban J connectivity index is 2.53. The van der Waals surface area contributed by atoms with E-state index in [4.69, 9.17) is 0 Å². The highest BCUT2D eigenvalue weighted by molar-refractivity contribution is 4.92. The van der Waals surface area contributed by atoms with Crippen LogP contribution in [0.2, 0.25) is 0 Å². The summed E-state index contributed by atoms with van der Waals surface area (Å²) >= 11 is 0. The maximum absolute atomic E-state index is 3.70. The van der Waals surface area contributed by atoms with Gasteiger partial charge in [-0.05, 0) is 46.3 Å². The van der Waals surface area contributed by atoms with Crippen LogP contribution in [0.4, 0.5) is 0 Å². The van der Waals surface area contributed by atoms with Gasteiger partial charge >= 0.3 is 0 Å². The number of likely N-dealkylation sites (tertiary alicyclic amines) is 1. The van der Waals surface area contributed by atoms with Crippen molar-refractivity contribution in [2.24, 2.45) is 5.92 Å². The van der Waals surface area contributed by atoms with Gasteiger partial charge in [0.15, 0.2) is 0 Å². The van der Waals surface area contributed by atoms with Gasteiger partial charge in [-0.25, -0.2) is 0 Å². The lowest BCUT2D eigenvalue weighted by molar-refractivity contribution is 0.185. The van der Waals surface area contributed by atoms with Gasteiger partial charge in [0, 0.05) is 31.2 Å². The minimum atomic E-state index is 0.637. The first-order valence-electron chi connectivity index (χ1n) is 7.65. The Labute approximate surface area is 114 Å². The van der Waals surface area contributed by atoms with E-state index >= 15 is 0 Å². The zero-order chi connectivity index (χ0) is 13.7. The molecule has 18 heavy (non-hydrogen) atoms. The third-order valence-corrected chi connectivity index (χ3v) is 4.52. The molecule has 1 fully saturated rings. The van der Waals surface area contributed by atoms with E-state index in [1.54, 1.807) is 0 Å². The van der Waals surface area contributed by atoms with Crippen LogP contribution in [0, 0.1) is 5.92 Å². The summed E-state index contributed by atoms with van der Waals surface area (Å²) in [6.07, 6.45) is 2.44. The Kier molecular flexibility index (Phi) is 6.61. The first kappa shape index (κ1) is 15.9. The molecular weight excluding hydrogens is 222 g/mol. The summed E-state index contributed by atoms with van der Waals surface area (Å²) in [4.78, 5) is 5.06. The van der Waals surface area contributed by atoms with Crippen LogP contribution in [-0.2, 0) is 0 Å². The second-order valence-corrected chi connectivity index (χ2v) is 6.17. The third kappa shape index (κ3) is 3.94. The fourth-order valence-electron chi connectivity index (χ4n) is 3.23. The molecule has 1 heterocycles. The number of likely N-dealkylation sites (N-methyl/N-ethyl adjacent to an activating group) is 1. The molecule has 3 heteroatoms. The van der Waals surface area contributed by atoms with Gasteiger partial charge < -0.3 is 10.2 Å². The van der Waals surface area contributed by atoms with Crippen molar-refractivity contribution in [1.82, 2.24) is 15.1 Å². The summed E-state index contributed by atoms with van der Waals surface area (Å²) in [6, 6.07) is 2.00. The van der Waals surface area contributed by atoms with Crippen molar-refractivity contribution in [2.75, 3.05) is 33.7 Å². The van der Waals surface area contributed by atoms with Crippen LogP contribution >= 0.6 is 0 Å². The molecule has 4 atom stereocenters. The predicted molar refractivity (Wildman–Crippen MR) is 80.0 cm³/mol. The molecule has 0 aromatic heterocycles. The molecule has 0 aromatic carbocycles. The highest BCUT2D eigenvalue weighted by Gasteiger charge is 2.35. The third-order valence-electron chi connectivity index (χ3n) is 4.52. The second kappa shape index (κ2) is 7.46. The highest BCUT2D eigenvalue weighted by atomic mass is 15.3. The van der Waals surface area contributed by atoms with Crippen molar-refractivity contribution in [1.29, 1.82) is 0 Å². The number of nitrogens with one attached hydrogen (secondary N) is 1. The van der Waals surface area contributed by atoms with Gasteiger partial charge in [-0.1, -0.05) is 20.8 Å². The summed E-state index contributed by atoms with van der Waals surface area (Å²) in [6.45, 7) is 12.9. The molecule has 0 spiro atoms. The largest absolute Gasteiger partial charge is 0.312 e. The van der Waals surface area contributed by atoms with E-state index < -0.39 is 0 Å². The van der Waals surface area contributed by atoms with Crippen LogP contribution in [0.15, 0.2) is 0 Å². The first-order chi connectivity index (χ1) is 8.51. The fraction of sp³-hybridized carbons (Fsp3) is 1.00. The Bertz CT molecular complexity index is 230. The van der Waals surface area contributed by atoms with Crippen molar-refractivity contribution >= 4 is 0 Å². The van der Waals surface area contributed by atoms with E-state index in [1.807, 2.05) is 0 Å². The molecule has 3 nitrogen and oxygen atoms in total. The zero-order valence-corrected chi connectivity index (χ0v) is 13.2. The minimum Gasteiger partial charge on any atom is -0.312 e. The number of hydrogen-bond acceptors (Lipinski definition) is 3.